The van der Waals surface area contributed by atoms with E-state index in [2.05, 4.69) is 43.4 Å². The first-order chi connectivity index (χ1) is 14.2. The molecule has 0 unspecified atom stereocenters. The smallest absolute Gasteiger partial charge is 0.299 e. The van der Waals surface area contributed by atoms with Gasteiger partial charge in [0.15, 0.2) is 0 Å². The number of Topliss-reactive ketones (excluding diaryl/α,β-unsaturated/α-hetero) is 1. The van der Waals surface area contributed by atoms with Gasteiger partial charge in [-0.1, -0.05) is 56.3 Å². The van der Waals surface area contributed by atoms with E-state index in [1.165, 1.54) is 0 Å². The van der Waals surface area contributed by atoms with Crippen molar-refractivity contribution < 1.29 is 17.2 Å². The molecule has 2 saturated carbocycles. The normalized spacial score (nSPS) is 27.8. The van der Waals surface area contributed by atoms with Gasteiger partial charge in [0.25, 0.3) is 5.84 Å². The predicted octanol–water partition coefficient (Wildman–Crippen LogP) is 3.12. The van der Waals surface area contributed by atoms with E-state index in [9.17, 15) is 13.2 Å². The molecule has 0 aromatic heterocycles. The van der Waals surface area contributed by atoms with E-state index < -0.39 is 15.4 Å². The van der Waals surface area contributed by atoms with Crippen molar-refractivity contribution in [1.29, 1.82) is 0 Å². The lowest BCUT2D eigenvalue weighted by Gasteiger charge is -2.35. The highest BCUT2D eigenvalue weighted by Gasteiger charge is 2.66. The Morgan fingerprint density at radius 1 is 1.13 bits per heavy atom. The Balaban J connectivity index is 1.50. The Morgan fingerprint density at radius 3 is 2.63 bits per heavy atom. The molecule has 30 heavy (non-hydrogen) atoms. The number of nitrogens with zero attached hydrogens (tertiary/aromatic N) is 1. The third-order valence-electron chi connectivity index (χ3n) is 8.09. The van der Waals surface area contributed by atoms with E-state index in [4.69, 9.17) is 0 Å². The zero-order valence-electron chi connectivity index (χ0n) is 17.6. The molecule has 6 heteroatoms. The van der Waals surface area contributed by atoms with E-state index >= 15 is 0 Å². The largest absolute Gasteiger partial charge is 0.301 e. The summed E-state index contributed by atoms with van der Waals surface area (Å²) in [7, 11) is -3.60. The molecule has 2 bridgehead atoms. The summed E-state index contributed by atoms with van der Waals surface area (Å²) >= 11 is 0. The molecule has 1 N–H and O–H groups in total. The van der Waals surface area contributed by atoms with Gasteiger partial charge in [-0.3, -0.25) is 10.1 Å². The Kier molecular flexibility index (Phi) is 4.37. The Labute approximate surface area is 178 Å². The molecule has 0 amide bonds. The van der Waals surface area contributed by atoms with Crippen LogP contribution in [-0.4, -0.2) is 42.9 Å². The Morgan fingerprint density at radius 2 is 1.90 bits per heavy atom. The highest BCUT2D eigenvalue weighted by atomic mass is 32.2. The second-order valence-electron chi connectivity index (χ2n) is 9.68. The Bertz CT molecular complexity index is 1180. The van der Waals surface area contributed by atoms with E-state index in [-0.39, 0.29) is 17.0 Å². The lowest BCUT2D eigenvalue weighted by molar-refractivity contribution is -0.354. The monoisotopic (exact) mass is 425 g/mol. The molecular formula is C24H29N2O3S+. The van der Waals surface area contributed by atoms with Gasteiger partial charge in [0.1, 0.15) is 24.6 Å². The van der Waals surface area contributed by atoms with Gasteiger partial charge in [0.05, 0.1) is 11.8 Å². The minimum Gasteiger partial charge on any atom is -0.299 e. The summed E-state index contributed by atoms with van der Waals surface area (Å²) in [4.78, 5) is 12.9. The fourth-order valence-corrected chi connectivity index (χ4v) is 8.40. The summed E-state index contributed by atoms with van der Waals surface area (Å²) in [5.41, 5.74) is 0.123. The summed E-state index contributed by atoms with van der Waals surface area (Å²) in [6, 6.07) is 14.3. The Hall–Kier alpha value is -2.21. The number of sulfonamides is 1. The van der Waals surface area contributed by atoms with Crippen molar-refractivity contribution in [1.82, 2.24) is 5.32 Å². The maximum absolute atomic E-state index is 13.6. The number of rotatable bonds is 5. The maximum atomic E-state index is 13.6. The van der Waals surface area contributed by atoms with Crippen LogP contribution in [0.25, 0.3) is 10.8 Å². The SMILES string of the molecule is CC1(C)[C@H]2CC[C@@]1(CS(=O)(=O)[N+]1=C(Cc3cccc4ccccc34)NCC1)C(=O)C2. The fraction of sp³-hybridized carbons (Fsp3) is 0.500. The third-order valence-corrected chi connectivity index (χ3v) is 10.0. The molecule has 2 aromatic rings. The van der Waals surface area contributed by atoms with Gasteiger partial charge in [-0.2, -0.15) is 12.4 Å². The number of benzene rings is 2. The second-order valence-corrected chi connectivity index (χ2v) is 11.6. The molecule has 0 saturated heterocycles. The molecule has 5 rings (SSSR count). The lowest BCUT2D eigenvalue weighted by atomic mass is 9.70. The van der Waals surface area contributed by atoms with Gasteiger partial charge in [-0.05, 0) is 40.5 Å². The molecule has 2 atom stereocenters. The zero-order valence-corrected chi connectivity index (χ0v) is 18.5. The summed E-state index contributed by atoms with van der Waals surface area (Å²) in [5.74, 6) is 1.12. The number of carbonyl (C=O) groups excluding carboxylic acids is 1. The van der Waals surface area contributed by atoms with E-state index in [1.807, 2.05) is 18.2 Å². The third kappa shape index (κ3) is 2.76. The standard InChI is InChI=1S/C24H28N2O3S/c1-23(2)19-10-11-24(23,21(27)15-19)16-30(28,29)26-13-12-25-22(26)14-18-8-5-7-17-6-3-4-9-20(17)18/h3-9,19H,10-16H2,1-2H3/p+1/t19-,24+/m0/s1. The van der Waals surface area contributed by atoms with Gasteiger partial charge >= 0.3 is 10.0 Å². The highest BCUT2D eigenvalue weighted by Crippen LogP contribution is 2.64. The van der Waals surface area contributed by atoms with Crippen LogP contribution < -0.4 is 5.32 Å². The molecule has 2 aromatic carbocycles. The maximum Gasteiger partial charge on any atom is 0.301 e. The highest BCUT2D eigenvalue weighted by molar-refractivity contribution is 7.85. The lowest BCUT2D eigenvalue weighted by Crippen LogP contribution is -2.45. The van der Waals surface area contributed by atoms with Crippen molar-refractivity contribution in [3.8, 4) is 0 Å². The van der Waals surface area contributed by atoms with E-state index in [1.54, 1.807) is 3.98 Å². The van der Waals surface area contributed by atoms with Crippen LogP contribution in [0.4, 0.5) is 0 Å². The van der Waals surface area contributed by atoms with Crippen molar-refractivity contribution in [2.45, 2.75) is 39.5 Å². The topological polar surface area (TPSA) is 66.2 Å². The number of hydrogen-bond donors (Lipinski definition) is 1. The van der Waals surface area contributed by atoms with Crippen molar-refractivity contribution in [3.63, 3.8) is 0 Å². The van der Waals surface area contributed by atoms with Crippen molar-refractivity contribution in [2.75, 3.05) is 18.8 Å². The van der Waals surface area contributed by atoms with Crippen LogP contribution >= 0.6 is 0 Å². The van der Waals surface area contributed by atoms with Gasteiger partial charge in [0.2, 0.25) is 0 Å². The summed E-state index contributed by atoms with van der Waals surface area (Å²) in [6.07, 6.45) is 2.72. The molecule has 1 heterocycles. The summed E-state index contributed by atoms with van der Waals surface area (Å²) in [5, 5.41) is 5.59. The van der Waals surface area contributed by atoms with Gasteiger partial charge in [-0.15, -0.1) is 0 Å². The first-order valence-electron chi connectivity index (χ1n) is 10.8. The number of fused-ring (bicyclic) bond motifs is 3. The first-order valence-corrected chi connectivity index (χ1v) is 12.5. The quantitative estimate of drug-likeness (QED) is 0.748. The number of hydrogen-bond acceptors (Lipinski definition) is 4. The molecule has 2 fully saturated rings. The van der Waals surface area contributed by atoms with Gasteiger partial charge < -0.3 is 0 Å². The number of carbonyl (C=O) groups is 1. The van der Waals surface area contributed by atoms with Crippen LogP contribution in [0, 0.1) is 16.7 Å². The number of ketones is 1. The van der Waals surface area contributed by atoms with Crippen LogP contribution in [0.2, 0.25) is 0 Å². The molecule has 0 spiro atoms. The molecule has 0 radical (unpaired) electrons. The molecule has 5 nitrogen and oxygen atoms in total. The summed E-state index contributed by atoms with van der Waals surface area (Å²) < 4.78 is 28.7. The van der Waals surface area contributed by atoms with Crippen molar-refractivity contribution in [3.05, 3.63) is 48.0 Å². The van der Waals surface area contributed by atoms with Gasteiger partial charge in [0, 0.05) is 6.42 Å². The first kappa shape index (κ1) is 19.7. The van der Waals surface area contributed by atoms with Crippen molar-refractivity contribution >= 4 is 32.4 Å². The number of amidine groups is 1. The molecule has 1 aliphatic heterocycles. The zero-order chi connectivity index (χ0) is 21.1. The average Bonchev–Trinajstić information content (AvgIpc) is 3.32. The minimum absolute atomic E-state index is 0.0664. The van der Waals surface area contributed by atoms with Crippen LogP contribution in [0.1, 0.15) is 38.7 Å². The van der Waals surface area contributed by atoms with E-state index in [0.717, 1.165) is 28.6 Å². The summed E-state index contributed by atoms with van der Waals surface area (Å²) in [6.45, 7) is 5.21. The van der Waals surface area contributed by atoms with Gasteiger partial charge in [-0.25, -0.2) is 0 Å². The fourth-order valence-electron chi connectivity index (χ4n) is 6.11. The van der Waals surface area contributed by atoms with Crippen LogP contribution in [0.3, 0.4) is 0 Å². The van der Waals surface area contributed by atoms with Crippen LogP contribution in [0.15, 0.2) is 42.5 Å². The average molecular weight is 426 g/mol. The molecule has 158 valence electrons. The molecular weight excluding hydrogens is 396 g/mol. The second kappa shape index (κ2) is 6.64. The van der Waals surface area contributed by atoms with E-state index in [0.29, 0.717) is 38.3 Å². The minimum atomic E-state index is -3.60. The molecule has 2 aliphatic carbocycles. The van der Waals surface area contributed by atoms with Crippen LogP contribution in [-0.2, 0) is 21.2 Å². The van der Waals surface area contributed by atoms with Crippen molar-refractivity contribution in [2.24, 2.45) is 16.7 Å². The van der Waals surface area contributed by atoms with Crippen LogP contribution in [0.5, 0.6) is 0 Å². The predicted molar refractivity (Wildman–Crippen MR) is 118 cm³/mol. The number of nitrogens with one attached hydrogen (secondary N) is 1. The molecule has 3 aliphatic rings.